The number of benzene rings is 1. The molecule has 0 bridgehead atoms. The minimum atomic E-state index is 0.692. The third-order valence-corrected chi connectivity index (χ3v) is 3.69. The highest BCUT2D eigenvalue weighted by Crippen LogP contribution is 2.31. The van der Waals surface area contributed by atoms with Gasteiger partial charge in [-0.1, -0.05) is 58.9 Å². The second-order valence-corrected chi connectivity index (χ2v) is 6.40. The Labute approximate surface area is 119 Å². The van der Waals surface area contributed by atoms with E-state index in [9.17, 15) is 0 Å². The van der Waals surface area contributed by atoms with Gasteiger partial charge in [-0.15, -0.1) is 0 Å². The van der Waals surface area contributed by atoms with Crippen molar-refractivity contribution in [3.8, 4) is 0 Å². The van der Waals surface area contributed by atoms with Crippen LogP contribution >= 0.6 is 0 Å². The number of hydrogen-bond acceptors (Lipinski definition) is 1. The van der Waals surface area contributed by atoms with Crippen LogP contribution in [-0.2, 0) is 6.54 Å². The molecule has 0 spiro atoms. The lowest BCUT2D eigenvalue weighted by Gasteiger charge is -2.23. The van der Waals surface area contributed by atoms with Crippen molar-refractivity contribution in [2.75, 3.05) is 6.54 Å². The molecule has 0 amide bonds. The van der Waals surface area contributed by atoms with Crippen molar-refractivity contribution in [1.29, 1.82) is 0 Å². The summed E-state index contributed by atoms with van der Waals surface area (Å²) in [5.74, 6) is 2.17. The molecule has 1 unspecified atom stereocenters. The predicted molar refractivity (Wildman–Crippen MR) is 85.5 cm³/mol. The standard InChI is InChI=1S/C18H31N/c1-6-11-19-13-16-7-9-17(10-8-16)18(15(4)5)12-14(2)3/h7-10,14-15,18-19H,6,11-13H2,1-5H3. The summed E-state index contributed by atoms with van der Waals surface area (Å²) in [6.45, 7) is 13.6. The summed E-state index contributed by atoms with van der Waals surface area (Å²) in [6, 6.07) is 9.23. The van der Waals surface area contributed by atoms with E-state index in [4.69, 9.17) is 0 Å². The molecule has 0 aliphatic carbocycles. The fourth-order valence-corrected chi connectivity index (χ4v) is 2.59. The monoisotopic (exact) mass is 261 g/mol. The Kier molecular flexibility index (Phi) is 7.15. The van der Waals surface area contributed by atoms with Gasteiger partial charge in [0.2, 0.25) is 0 Å². The Hall–Kier alpha value is -0.820. The molecular weight excluding hydrogens is 230 g/mol. The highest BCUT2D eigenvalue weighted by Gasteiger charge is 2.17. The zero-order chi connectivity index (χ0) is 14.3. The van der Waals surface area contributed by atoms with E-state index in [1.807, 2.05) is 0 Å². The van der Waals surface area contributed by atoms with Crippen LogP contribution in [0.3, 0.4) is 0 Å². The number of rotatable bonds is 8. The highest BCUT2D eigenvalue weighted by atomic mass is 14.8. The van der Waals surface area contributed by atoms with Crippen LogP contribution in [0, 0.1) is 11.8 Å². The maximum absolute atomic E-state index is 3.46. The molecule has 1 aromatic carbocycles. The smallest absolute Gasteiger partial charge is 0.0205 e. The van der Waals surface area contributed by atoms with Crippen LogP contribution in [0.25, 0.3) is 0 Å². The SMILES string of the molecule is CCCNCc1ccc(C(CC(C)C)C(C)C)cc1. The third kappa shape index (κ3) is 5.78. The fourth-order valence-electron chi connectivity index (χ4n) is 2.59. The first-order valence-corrected chi connectivity index (χ1v) is 7.84. The first-order chi connectivity index (χ1) is 9.04. The van der Waals surface area contributed by atoms with Crippen molar-refractivity contribution in [1.82, 2.24) is 5.32 Å². The summed E-state index contributed by atoms with van der Waals surface area (Å²) in [5, 5.41) is 3.46. The summed E-state index contributed by atoms with van der Waals surface area (Å²) in [5.41, 5.74) is 2.90. The molecule has 1 N–H and O–H groups in total. The number of nitrogens with one attached hydrogen (secondary N) is 1. The summed E-state index contributed by atoms with van der Waals surface area (Å²) >= 11 is 0. The summed E-state index contributed by atoms with van der Waals surface area (Å²) in [7, 11) is 0. The molecule has 0 radical (unpaired) electrons. The Morgan fingerprint density at radius 3 is 2.11 bits per heavy atom. The summed E-state index contributed by atoms with van der Waals surface area (Å²) in [6.07, 6.45) is 2.48. The molecule has 1 nitrogen and oxygen atoms in total. The van der Waals surface area contributed by atoms with E-state index in [2.05, 4.69) is 64.2 Å². The number of hydrogen-bond donors (Lipinski definition) is 1. The van der Waals surface area contributed by atoms with Crippen molar-refractivity contribution in [2.45, 2.75) is 59.9 Å². The van der Waals surface area contributed by atoms with Crippen LogP contribution in [-0.4, -0.2) is 6.54 Å². The molecule has 0 saturated carbocycles. The van der Waals surface area contributed by atoms with E-state index in [0.29, 0.717) is 11.8 Å². The van der Waals surface area contributed by atoms with Gasteiger partial charge < -0.3 is 5.32 Å². The van der Waals surface area contributed by atoms with E-state index in [1.165, 1.54) is 24.0 Å². The van der Waals surface area contributed by atoms with E-state index in [1.54, 1.807) is 0 Å². The Balaban J connectivity index is 2.66. The average Bonchev–Trinajstić information content (AvgIpc) is 2.37. The fraction of sp³-hybridized carbons (Fsp3) is 0.667. The molecule has 0 aliphatic rings. The molecule has 0 saturated heterocycles. The van der Waals surface area contributed by atoms with Gasteiger partial charge in [0.25, 0.3) is 0 Å². The van der Waals surface area contributed by atoms with Crippen molar-refractivity contribution in [3.63, 3.8) is 0 Å². The van der Waals surface area contributed by atoms with Gasteiger partial charge >= 0.3 is 0 Å². The van der Waals surface area contributed by atoms with Crippen LogP contribution in [0.1, 0.15) is 64.5 Å². The highest BCUT2D eigenvalue weighted by molar-refractivity contribution is 5.25. The van der Waals surface area contributed by atoms with Gasteiger partial charge in [0.15, 0.2) is 0 Å². The minimum absolute atomic E-state index is 0.692. The van der Waals surface area contributed by atoms with Crippen LogP contribution in [0.15, 0.2) is 24.3 Å². The van der Waals surface area contributed by atoms with Gasteiger partial charge in [-0.2, -0.15) is 0 Å². The van der Waals surface area contributed by atoms with Gasteiger partial charge in [0.1, 0.15) is 0 Å². The lowest BCUT2D eigenvalue weighted by atomic mass is 9.82. The topological polar surface area (TPSA) is 12.0 Å². The van der Waals surface area contributed by atoms with Crippen molar-refractivity contribution in [2.24, 2.45) is 11.8 Å². The van der Waals surface area contributed by atoms with Gasteiger partial charge in [-0.05, 0) is 48.3 Å². The first kappa shape index (κ1) is 16.2. The van der Waals surface area contributed by atoms with Crippen molar-refractivity contribution >= 4 is 0 Å². The second kappa shape index (κ2) is 8.37. The molecule has 108 valence electrons. The molecule has 19 heavy (non-hydrogen) atoms. The first-order valence-electron chi connectivity index (χ1n) is 7.84. The minimum Gasteiger partial charge on any atom is -0.313 e. The lowest BCUT2D eigenvalue weighted by Crippen LogP contribution is -2.14. The molecule has 1 aromatic rings. The zero-order valence-electron chi connectivity index (χ0n) is 13.4. The molecular formula is C18H31N. The van der Waals surface area contributed by atoms with Gasteiger partial charge in [0.05, 0.1) is 0 Å². The van der Waals surface area contributed by atoms with Crippen LogP contribution in [0.2, 0.25) is 0 Å². The second-order valence-electron chi connectivity index (χ2n) is 6.40. The summed E-state index contributed by atoms with van der Waals surface area (Å²) < 4.78 is 0. The molecule has 1 atom stereocenters. The predicted octanol–water partition coefficient (Wildman–Crippen LogP) is 4.97. The Morgan fingerprint density at radius 2 is 1.63 bits per heavy atom. The quantitative estimate of drug-likeness (QED) is 0.651. The third-order valence-electron chi connectivity index (χ3n) is 3.69. The molecule has 1 heteroatoms. The van der Waals surface area contributed by atoms with Crippen LogP contribution < -0.4 is 5.32 Å². The van der Waals surface area contributed by atoms with E-state index >= 15 is 0 Å². The van der Waals surface area contributed by atoms with Crippen LogP contribution in [0.5, 0.6) is 0 Å². The van der Waals surface area contributed by atoms with E-state index in [-0.39, 0.29) is 0 Å². The average molecular weight is 261 g/mol. The summed E-state index contributed by atoms with van der Waals surface area (Å²) in [4.78, 5) is 0. The molecule has 0 aromatic heterocycles. The largest absolute Gasteiger partial charge is 0.313 e. The molecule has 0 aliphatic heterocycles. The van der Waals surface area contributed by atoms with Crippen molar-refractivity contribution in [3.05, 3.63) is 35.4 Å². The van der Waals surface area contributed by atoms with Crippen LogP contribution in [0.4, 0.5) is 0 Å². The Bertz CT molecular complexity index is 337. The van der Waals surface area contributed by atoms with Gasteiger partial charge in [0, 0.05) is 6.54 Å². The van der Waals surface area contributed by atoms with E-state index < -0.39 is 0 Å². The normalized spacial score (nSPS) is 13.2. The lowest BCUT2D eigenvalue weighted by molar-refractivity contribution is 0.408. The van der Waals surface area contributed by atoms with Gasteiger partial charge in [-0.3, -0.25) is 0 Å². The van der Waals surface area contributed by atoms with E-state index in [0.717, 1.165) is 19.0 Å². The van der Waals surface area contributed by atoms with Gasteiger partial charge in [-0.25, -0.2) is 0 Å². The molecule has 1 rings (SSSR count). The maximum atomic E-state index is 3.46. The van der Waals surface area contributed by atoms with Crippen molar-refractivity contribution < 1.29 is 0 Å². The molecule has 0 fully saturated rings. The zero-order valence-corrected chi connectivity index (χ0v) is 13.4. The maximum Gasteiger partial charge on any atom is 0.0205 e. The Morgan fingerprint density at radius 1 is 1.00 bits per heavy atom. The molecule has 0 heterocycles.